The number of hydrogen-bond acceptors (Lipinski definition) is 6. The molecule has 0 radical (unpaired) electrons. The summed E-state index contributed by atoms with van der Waals surface area (Å²) in [6, 6.07) is 10.3. The number of nitrogens with one attached hydrogen (secondary N) is 6. The van der Waals surface area contributed by atoms with Gasteiger partial charge in [0, 0.05) is 57.3 Å². The first-order chi connectivity index (χ1) is 20.3. The molecule has 0 saturated carbocycles. The predicted molar refractivity (Wildman–Crippen MR) is 166 cm³/mol. The Kier molecular flexibility index (Phi) is 11.5. The van der Waals surface area contributed by atoms with Gasteiger partial charge in [-0.3, -0.25) is 19.2 Å². The lowest BCUT2D eigenvalue weighted by Gasteiger charge is -2.08. The number of benzene rings is 2. The second-order valence-corrected chi connectivity index (χ2v) is 10.7. The van der Waals surface area contributed by atoms with Crippen LogP contribution in [-0.2, 0) is 9.59 Å². The molecule has 0 fully saturated rings. The van der Waals surface area contributed by atoms with Crippen molar-refractivity contribution in [3.05, 3.63) is 70.0 Å². The molecule has 12 heteroatoms. The first-order valence-electron chi connectivity index (χ1n) is 13.9. The number of unbranched alkanes of at least 4 members (excludes halogenated alkanes) is 1. The predicted octanol–water partition coefficient (Wildman–Crippen LogP) is 3.99. The number of hydrogen-bond donors (Lipinski definition) is 6. The summed E-state index contributed by atoms with van der Waals surface area (Å²) >= 11 is 12.0. The van der Waals surface area contributed by atoms with Crippen LogP contribution < -0.4 is 21.3 Å². The van der Waals surface area contributed by atoms with Gasteiger partial charge in [-0.15, -0.1) is 0 Å². The second-order valence-electron chi connectivity index (χ2n) is 9.87. The Bertz CT molecular complexity index is 1450. The van der Waals surface area contributed by atoms with Crippen molar-refractivity contribution >= 4 is 68.4 Å². The van der Waals surface area contributed by atoms with Crippen LogP contribution in [0, 0.1) is 0 Å². The SMILES string of the molecule is O=C(NCCCNCCCCNCCCNC(=O)C(=O)c1c[nH]c2ccc(Cl)cc12)C(=O)c1c[nH]c2ccc(Cl)cc12. The van der Waals surface area contributed by atoms with Crippen LogP contribution in [0.5, 0.6) is 0 Å². The smallest absolute Gasteiger partial charge is 0.292 e. The van der Waals surface area contributed by atoms with E-state index in [1.807, 2.05) is 0 Å². The summed E-state index contributed by atoms with van der Waals surface area (Å²) in [6.07, 6.45) is 6.45. The standard InChI is InChI=1S/C30H34Cl2N6O4/c31-19-5-7-25-21(15-19)23(17-37-25)27(39)29(41)35-13-3-11-33-9-1-2-10-34-12-4-14-36-30(42)28(40)24-18-38-26-8-6-20(32)16-22(24)26/h5-8,15-18,33-34,37-38H,1-4,9-14H2,(H,35,41)(H,36,42). The largest absolute Gasteiger partial charge is 0.360 e. The van der Waals surface area contributed by atoms with Gasteiger partial charge >= 0.3 is 0 Å². The lowest BCUT2D eigenvalue weighted by Crippen LogP contribution is -2.33. The number of rotatable bonds is 17. The number of carbonyl (C=O) groups excluding carboxylic acids is 4. The first-order valence-corrected chi connectivity index (χ1v) is 14.7. The molecular formula is C30H34Cl2N6O4. The summed E-state index contributed by atoms with van der Waals surface area (Å²) < 4.78 is 0. The van der Waals surface area contributed by atoms with Crippen molar-refractivity contribution in [3.63, 3.8) is 0 Å². The van der Waals surface area contributed by atoms with E-state index < -0.39 is 23.4 Å². The van der Waals surface area contributed by atoms with E-state index in [2.05, 4.69) is 31.2 Å². The number of halogens is 2. The number of carbonyl (C=O) groups is 4. The van der Waals surface area contributed by atoms with E-state index in [1.165, 1.54) is 12.4 Å². The van der Waals surface area contributed by atoms with E-state index in [0.29, 0.717) is 57.9 Å². The van der Waals surface area contributed by atoms with Gasteiger partial charge in [0.1, 0.15) is 0 Å². The maximum Gasteiger partial charge on any atom is 0.292 e. The fourth-order valence-corrected chi connectivity index (χ4v) is 4.89. The molecule has 0 atom stereocenters. The number of ketones is 2. The molecule has 0 bridgehead atoms. The highest BCUT2D eigenvalue weighted by Gasteiger charge is 2.20. The number of Topliss-reactive ketones (excluding diaryl/α,β-unsaturated/α-hetero) is 2. The Morgan fingerprint density at radius 2 is 0.976 bits per heavy atom. The average molecular weight is 614 g/mol. The van der Waals surface area contributed by atoms with E-state index >= 15 is 0 Å². The Labute approximate surface area is 253 Å². The van der Waals surface area contributed by atoms with Crippen LogP contribution in [0.15, 0.2) is 48.8 Å². The van der Waals surface area contributed by atoms with Crippen molar-refractivity contribution in [2.45, 2.75) is 25.7 Å². The topological polar surface area (TPSA) is 148 Å². The summed E-state index contributed by atoms with van der Waals surface area (Å²) in [4.78, 5) is 55.5. The maximum atomic E-state index is 12.5. The molecule has 2 aromatic heterocycles. The molecule has 10 nitrogen and oxygen atoms in total. The third kappa shape index (κ3) is 8.42. The molecule has 4 aromatic rings. The van der Waals surface area contributed by atoms with Crippen molar-refractivity contribution in [2.75, 3.05) is 39.3 Å². The highest BCUT2D eigenvalue weighted by molar-refractivity contribution is 6.45. The Morgan fingerprint density at radius 1 is 0.571 bits per heavy atom. The summed E-state index contributed by atoms with van der Waals surface area (Å²) in [5, 5.41) is 14.3. The van der Waals surface area contributed by atoms with E-state index in [4.69, 9.17) is 23.2 Å². The fourth-order valence-electron chi connectivity index (χ4n) is 4.55. The van der Waals surface area contributed by atoms with Gasteiger partial charge in [-0.1, -0.05) is 23.2 Å². The first kappa shape index (κ1) is 31.2. The maximum absolute atomic E-state index is 12.5. The minimum Gasteiger partial charge on any atom is -0.360 e. The molecule has 0 saturated heterocycles. The zero-order chi connectivity index (χ0) is 29.9. The molecule has 6 N–H and O–H groups in total. The van der Waals surface area contributed by atoms with Crippen LogP contribution >= 0.6 is 23.2 Å². The van der Waals surface area contributed by atoms with E-state index in [0.717, 1.165) is 50.1 Å². The van der Waals surface area contributed by atoms with Crippen molar-refractivity contribution in [2.24, 2.45) is 0 Å². The third-order valence-electron chi connectivity index (χ3n) is 6.78. The third-order valence-corrected chi connectivity index (χ3v) is 7.25. The summed E-state index contributed by atoms with van der Waals surface area (Å²) in [7, 11) is 0. The van der Waals surface area contributed by atoms with E-state index in [9.17, 15) is 19.2 Å². The van der Waals surface area contributed by atoms with Gasteiger partial charge in [-0.05, 0) is 88.3 Å². The molecular weight excluding hydrogens is 579 g/mol. The zero-order valence-electron chi connectivity index (χ0n) is 23.1. The van der Waals surface area contributed by atoms with E-state index in [1.54, 1.807) is 36.4 Å². The van der Waals surface area contributed by atoms with Gasteiger partial charge in [0.2, 0.25) is 0 Å². The second kappa shape index (κ2) is 15.5. The van der Waals surface area contributed by atoms with Crippen LogP contribution in [0.1, 0.15) is 46.4 Å². The normalized spacial score (nSPS) is 11.2. The summed E-state index contributed by atoms with van der Waals surface area (Å²) in [6.45, 7) is 3.97. The quantitative estimate of drug-likeness (QED) is 0.0603. The minimum absolute atomic E-state index is 0.309. The van der Waals surface area contributed by atoms with E-state index in [-0.39, 0.29) is 0 Å². The molecule has 222 valence electrons. The molecule has 0 aliphatic heterocycles. The lowest BCUT2D eigenvalue weighted by atomic mass is 10.1. The lowest BCUT2D eigenvalue weighted by molar-refractivity contribution is -0.117. The molecule has 0 spiro atoms. The monoisotopic (exact) mass is 612 g/mol. The van der Waals surface area contributed by atoms with Crippen LogP contribution in [0.3, 0.4) is 0 Å². The van der Waals surface area contributed by atoms with Gasteiger partial charge in [0.25, 0.3) is 23.4 Å². The average Bonchev–Trinajstić information content (AvgIpc) is 3.59. The van der Waals surface area contributed by atoms with Crippen molar-refractivity contribution in [3.8, 4) is 0 Å². The number of aromatic amines is 2. The van der Waals surface area contributed by atoms with Crippen LogP contribution in [0.2, 0.25) is 10.0 Å². The number of H-pyrrole nitrogens is 2. The van der Waals surface area contributed by atoms with Crippen molar-refractivity contribution in [1.29, 1.82) is 0 Å². The molecule has 4 rings (SSSR count). The highest BCUT2D eigenvalue weighted by Crippen LogP contribution is 2.23. The number of amides is 2. The number of aromatic nitrogens is 2. The molecule has 0 aliphatic rings. The highest BCUT2D eigenvalue weighted by atomic mass is 35.5. The molecule has 42 heavy (non-hydrogen) atoms. The van der Waals surface area contributed by atoms with Crippen molar-refractivity contribution < 1.29 is 19.2 Å². The summed E-state index contributed by atoms with van der Waals surface area (Å²) in [5.41, 5.74) is 2.12. The van der Waals surface area contributed by atoms with Crippen molar-refractivity contribution in [1.82, 2.24) is 31.2 Å². The summed E-state index contributed by atoms with van der Waals surface area (Å²) in [5.74, 6) is -2.44. The van der Waals surface area contributed by atoms with Gasteiger partial charge in [-0.2, -0.15) is 0 Å². The molecule has 2 aromatic carbocycles. The molecule has 0 unspecified atom stereocenters. The molecule has 2 heterocycles. The van der Waals surface area contributed by atoms with Gasteiger partial charge in [0.15, 0.2) is 0 Å². The minimum atomic E-state index is -0.632. The fraction of sp³-hybridized carbons (Fsp3) is 0.333. The van der Waals surface area contributed by atoms with Gasteiger partial charge < -0.3 is 31.2 Å². The Hall–Kier alpha value is -3.70. The van der Waals surface area contributed by atoms with Crippen LogP contribution in [0.25, 0.3) is 21.8 Å². The number of fused-ring (bicyclic) bond motifs is 2. The Balaban J connectivity index is 0.976. The zero-order valence-corrected chi connectivity index (χ0v) is 24.6. The van der Waals surface area contributed by atoms with Gasteiger partial charge in [0.05, 0.1) is 11.1 Å². The Morgan fingerprint density at radius 3 is 1.40 bits per heavy atom. The molecule has 2 amide bonds. The molecule has 0 aliphatic carbocycles. The van der Waals surface area contributed by atoms with Crippen LogP contribution in [0.4, 0.5) is 0 Å². The van der Waals surface area contributed by atoms with Gasteiger partial charge in [-0.25, -0.2) is 0 Å². The van der Waals surface area contributed by atoms with Crippen LogP contribution in [-0.4, -0.2) is 72.6 Å².